The predicted molar refractivity (Wildman–Crippen MR) is 73.8 cm³/mol. The molecule has 0 bridgehead atoms. The van der Waals surface area contributed by atoms with E-state index in [-0.39, 0.29) is 23.4 Å². The van der Waals surface area contributed by atoms with E-state index in [4.69, 9.17) is 10.2 Å². The summed E-state index contributed by atoms with van der Waals surface area (Å²) in [6.07, 6.45) is 0.0143. The lowest BCUT2D eigenvalue weighted by Crippen LogP contribution is -2.15. The number of nitrogens with one attached hydrogen (secondary N) is 1. The number of benzene rings is 2. The number of hydrogen-bond acceptors (Lipinski definition) is 3. The Hall–Kier alpha value is -2.89. The number of phenolic OH excluding ortho intramolecular Hbond substituents is 1. The van der Waals surface area contributed by atoms with Gasteiger partial charge in [-0.2, -0.15) is 0 Å². The van der Waals surface area contributed by atoms with Crippen molar-refractivity contribution in [3.05, 3.63) is 59.4 Å². The molecule has 0 unspecified atom stereocenters. The van der Waals surface area contributed by atoms with Crippen molar-refractivity contribution < 1.29 is 24.2 Å². The molecule has 2 aromatic carbocycles. The molecule has 2 aromatic rings. The van der Waals surface area contributed by atoms with Crippen LogP contribution in [-0.4, -0.2) is 22.1 Å². The smallest absolute Gasteiger partial charge is 0.335 e. The van der Waals surface area contributed by atoms with Gasteiger partial charge in [0.2, 0.25) is 5.91 Å². The van der Waals surface area contributed by atoms with E-state index in [1.165, 1.54) is 24.3 Å². The monoisotopic (exact) mass is 289 g/mol. The predicted octanol–water partition coefficient (Wildman–Crippen LogP) is 2.41. The molecule has 0 aliphatic rings. The van der Waals surface area contributed by atoms with Gasteiger partial charge >= 0.3 is 5.97 Å². The Bertz CT molecular complexity index is 683. The summed E-state index contributed by atoms with van der Waals surface area (Å²) in [5.41, 5.74) is 0.390. The Labute approximate surface area is 119 Å². The van der Waals surface area contributed by atoms with Gasteiger partial charge in [0.25, 0.3) is 0 Å². The molecule has 0 radical (unpaired) electrons. The van der Waals surface area contributed by atoms with Gasteiger partial charge in [-0.25, -0.2) is 9.18 Å². The number of halogens is 1. The lowest BCUT2D eigenvalue weighted by atomic mass is 10.1. The third-order valence-corrected chi connectivity index (χ3v) is 2.79. The summed E-state index contributed by atoms with van der Waals surface area (Å²) in [5.74, 6) is -2.40. The van der Waals surface area contributed by atoms with E-state index in [0.717, 1.165) is 6.07 Å². The van der Waals surface area contributed by atoms with Crippen molar-refractivity contribution in [2.24, 2.45) is 0 Å². The van der Waals surface area contributed by atoms with Crippen molar-refractivity contribution in [3.8, 4) is 5.75 Å². The van der Waals surface area contributed by atoms with Crippen LogP contribution in [0, 0.1) is 5.82 Å². The number of amides is 1. The Morgan fingerprint density at radius 1 is 1.10 bits per heavy atom. The van der Waals surface area contributed by atoms with Crippen molar-refractivity contribution in [2.75, 3.05) is 5.32 Å². The Kier molecular flexibility index (Phi) is 4.18. The number of aromatic hydroxyl groups is 1. The molecule has 0 aliphatic carbocycles. The first kappa shape index (κ1) is 14.5. The van der Waals surface area contributed by atoms with Crippen LogP contribution in [0.4, 0.5) is 10.1 Å². The molecular formula is C15H12FNO4. The van der Waals surface area contributed by atoms with E-state index >= 15 is 0 Å². The highest BCUT2D eigenvalue weighted by Crippen LogP contribution is 2.17. The van der Waals surface area contributed by atoms with E-state index in [0.29, 0.717) is 5.56 Å². The molecular weight excluding hydrogens is 277 g/mol. The van der Waals surface area contributed by atoms with Gasteiger partial charge < -0.3 is 15.5 Å². The van der Waals surface area contributed by atoms with E-state index < -0.39 is 17.7 Å². The van der Waals surface area contributed by atoms with E-state index in [1.807, 2.05) is 0 Å². The molecule has 0 saturated heterocycles. The number of hydrogen-bond donors (Lipinski definition) is 3. The second kappa shape index (κ2) is 6.04. The second-order valence-corrected chi connectivity index (χ2v) is 4.39. The number of phenols is 1. The van der Waals surface area contributed by atoms with Gasteiger partial charge in [0, 0.05) is 0 Å². The average molecular weight is 289 g/mol. The number of aromatic carboxylic acids is 1. The highest BCUT2D eigenvalue weighted by atomic mass is 19.1. The minimum absolute atomic E-state index is 0.0143. The molecule has 0 saturated carbocycles. The molecule has 6 heteroatoms. The van der Waals surface area contributed by atoms with Gasteiger partial charge in [-0.3, -0.25) is 4.79 Å². The molecule has 0 heterocycles. The zero-order valence-electron chi connectivity index (χ0n) is 10.8. The molecule has 0 aromatic heterocycles. The van der Waals surface area contributed by atoms with Crippen molar-refractivity contribution in [1.29, 1.82) is 0 Å². The summed E-state index contributed by atoms with van der Waals surface area (Å²) >= 11 is 0. The van der Waals surface area contributed by atoms with Gasteiger partial charge in [0.15, 0.2) is 0 Å². The second-order valence-electron chi connectivity index (χ2n) is 4.39. The Balaban J connectivity index is 2.06. The van der Waals surface area contributed by atoms with Gasteiger partial charge in [-0.15, -0.1) is 0 Å². The van der Waals surface area contributed by atoms with E-state index in [1.54, 1.807) is 12.1 Å². The Morgan fingerprint density at radius 2 is 1.76 bits per heavy atom. The molecule has 2 rings (SSSR count). The van der Waals surface area contributed by atoms with Gasteiger partial charge in [-0.1, -0.05) is 12.1 Å². The minimum atomic E-state index is -1.24. The fraction of sp³-hybridized carbons (Fsp3) is 0.0667. The summed E-state index contributed by atoms with van der Waals surface area (Å²) < 4.78 is 13.7. The van der Waals surface area contributed by atoms with Crippen molar-refractivity contribution in [2.45, 2.75) is 6.42 Å². The van der Waals surface area contributed by atoms with Crippen LogP contribution in [0.2, 0.25) is 0 Å². The summed E-state index contributed by atoms with van der Waals surface area (Å²) in [4.78, 5) is 22.5. The maximum absolute atomic E-state index is 13.7. The van der Waals surface area contributed by atoms with E-state index in [9.17, 15) is 14.0 Å². The van der Waals surface area contributed by atoms with Crippen LogP contribution in [0.25, 0.3) is 0 Å². The summed E-state index contributed by atoms with van der Waals surface area (Å²) in [6.45, 7) is 0. The normalized spacial score (nSPS) is 10.1. The molecule has 21 heavy (non-hydrogen) atoms. The minimum Gasteiger partial charge on any atom is -0.508 e. The third kappa shape index (κ3) is 3.79. The summed E-state index contributed by atoms with van der Waals surface area (Å²) in [6, 6.07) is 9.32. The fourth-order valence-corrected chi connectivity index (χ4v) is 1.74. The number of carboxylic acid groups (broad SMARTS) is 1. The third-order valence-electron chi connectivity index (χ3n) is 2.79. The largest absolute Gasteiger partial charge is 0.508 e. The SMILES string of the molecule is O=C(Cc1ccc(O)cc1)Nc1ccc(C(=O)O)cc1F. The Morgan fingerprint density at radius 3 is 2.33 bits per heavy atom. The summed E-state index contributed by atoms with van der Waals surface area (Å²) in [7, 11) is 0. The van der Waals surface area contributed by atoms with Crippen molar-refractivity contribution in [1.82, 2.24) is 0 Å². The standard InChI is InChI=1S/C15H12FNO4/c16-12-8-10(15(20)21)3-6-13(12)17-14(19)7-9-1-4-11(18)5-2-9/h1-6,8,18H,7H2,(H,17,19)(H,20,21). The zero-order valence-corrected chi connectivity index (χ0v) is 10.8. The molecule has 0 fully saturated rings. The molecule has 0 aliphatic heterocycles. The molecule has 108 valence electrons. The van der Waals surface area contributed by atoms with Crippen LogP contribution >= 0.6 is 0 Å². The first-order valence-electron chi connectivity index (χ1n) is 6.06. The highest BCUT2D eigenvalue weighted by molar-refractivity contribution is 5.93. The number of rotatable bonds is 4. The van der Waals surface area contributed by atoms with Crippen LogP contribution < -0.4 is 5.32 Å². The molecule has 1 amide bonds. The van der Waals surface area contributed by atoms with Crippen LogP contribution in [0.3, 0.4) is 0 Å². The maximum Gasteiger partial charge on any atom is 0.335 e. The number of carboxylic acids is 1. The van der Waals surface area contributed by atoms with Gasteiger partial charge in [0.1, 0.15) is 11.6 Å². The van der Waals surface area contributed by atoms with Crippen LogP contribution in [0.15, 0.2) is 42.5 Å². The van der Waals surface area contributed by atoms with Crippen LogP contribution in [0.1, 0.15) is 15.9 Å². The number of carbonyl (C=O) groups is 2. The molecule has 5 nitrogen and oxygen atoms in total. The first-order chi connectivity index (χ1) is 9.95. The topological polar surface area (TPSA) is 86.6 Å². The molecule has 3 N–H and O–H groups in total. The maximum atomic E-state index is 13.7. The quantitative estimate of drug-likeness (QED) is 0.806. The lowest BCUT2D eigenvalue weighted by Gasteiger charge is -2.07. The summed E-state index contributed by atoms with van der Waals surface area (Å²) in [5, 5.41) is 20.2. The van der Waals surface area contributed by atoms with Crippen LogP contribution in [-0.2, 0) is 11.2 Å². The van der Waals surface area contributed by atoms with Gasteiger partial charge in [0.05, 0.1) is 17.7 Å². The first-order valence-corrected chi connectivity index (χ1v) is 6.06. The van der Waals surface area contributed by atoms with Crippen molar-refractivity contribution >= 4 is 17.6 Å². The van der Waals surface area contributed by atoms with E-state index in [2.05, 4.69) is 5.32 Å². The molecule has 0 spiro atoms. The van der Waals surface area contributed by atoms with Gasteiger partial charge in [-0.05, 0) is 35.9 Å². The zero-order chi connectivity index (χ0) is 15.4. The average Bonchev–Trinajstić information content (AvgIpc) is 2.43. The van der Waals surface area contributed by atoms with Crippen molar-refractivity contribution in [3.63, 3.8) is 0 Å². The lowest BCUT2D eigenvalue weighted by molar-refractivity contribution is -0.115. The highest BCUT2D eigenvalue weighted by Gasteiger charge is 2.11. The number of carbonyl (C=O) groups excluding carboxylic acids is 1. The molecule has 0 atom stereocenters. The van der Waals surface area contributed by atoms with Crippen LogP contribution in [0.5, 0.6) is 5.75 Å². The fourth-order valence-electron chi connectivity index (χ4n) is 1.74. The number of anilines is 1.